The molecule has 1 aliphatic heterocycles. The number of carbonyl (C=O) groups is 1. The number of carboxylic acid groups (broad SMARTS) is 1. The lowest BCUT2D eigenvalue weighted by Gasteiger charge is -2.37. The molecule has 1 N–H and O–H groups in total. The highest BCUT2D eigenvalue weighted by atomic mass is 16.6. The summed E-state index contributed by atoms with van der Waals surface area (Å²) in [5, 5.41) is 20.3. The topological polar surface area (TPSA) is 101 Å². The molecule has 0 bridgehead atoms. The molecule has 104 valence electrons. The van der Waals surface area contributed by atoms with E-state index in [-0.39, 0.29) is 17.6 Å². The van der Waals surface area contributed by atoms with Crippen molar-refractivity contribution < 1.29 is 14.8 Å². The number of nitrogens with zero attached hydrogens (tertiary/aromatic N) is 4. The van der Waals surface area contributed by atoms with Gasteiger partial charge in [0.05, 0.1) is 0 Å². The van der Waals surface area contributed by atoms with E-state index in [4.69, 9.17) is 0 Å². The highest BCUT2D eigenvalue weighted by Crippen LogP contribution is 2.33. The Kier molecular flexibility index (Phi) is 3.41. The molecular formula is C11H16N4O4. The summed E-state index contributed by atoms with van der Waals surface area (Å²) in [6.45, 7) is 2.34. The van der Waals surface area contributed by atoms with E-state index in [0.717, 1.165) is 12.8 Å². The Labute approximate surface area is 109 Å². The maximum Gasteiger partial charge on any atom is 0.406 e. The zero-order valence-electron chi connectivity index (χ0n) is 10.8. The molecule has 2 atom stereocenters. The van der Waals surface area contributed by atoms with Crippen LogP contribution in [0.25, 0.3) is 0 Å². The van der Waals surface area contributed by atoms with Gasteiger partial charge in [-0.1, -0.05) is 6.92 Å². The van der Waals surface area contributed by atoms with E-state index in [1.807, 2.05) is 6.92 Å². The summed E-state index contributed by atoms with van der Waals surface area (Å²) in [5.74, 6) is -1.03. The van der Waals surface area contributed by atoms with Crippen LogP contribution in [-0.2, 0) is 11.8 Å². The van der Waals surface area contributed by atoms with Crippen molar-refractivity contribution in [2.24, 2.45) is 13.0 Å². The zero-order chi connectivity index (χ0) is 14.2. The number of imidazole rings is 1. The van der Waals surface area contributed by atoms with Crippen molar-refractivity contribution in [2.45, 2.75) is 25.8 Å². The monoisotopic (exact) mass is 268 g/mol. The number of carboxylic acids is 1. The molecule has 2 rings (SSSR count). The standard InChI is InChI=1S/C11H16N4O4/c1-7-4-3-5-14(8(7)11(16)17)10-9(15(18)19)12-6-13(10)2/h6-8H,3-5H2,1-2H3,(H,16,17). The molecule has 0 amide bonds. The smallest absolute Gasteiger partial charge is 0.406 e. The number of anilines is 1. The normalized spacial score (nSPS) is 23.4. The van der Waals surface area contributed by atoms with Crippen LogP contribution in [0.5, 0.6) is 0 Å². The molecule has 1 saturated heterocycles. The summed E-state index contributed by atoms with van der Waals surface area (Å²) >= 11 is 0. The average Bonchev–Trinajstić information content (AvgIpc) is 2.70. The van der Waals surface area contributed by atoms with Crippen molar-refractivity contribution in [1.82, 2.24) is 9.55 Å². The average molecular weight is 268 g/mol. The van der Waals surface area contributed by atoms with Gasteiger partial charge in [0.25, 0.3) is 0 Å². The Morgan fingerprint density at radius 3 is 2.89 bits per heavy atom. The fourth-order valence-corrected chi connectivity index (χ4v) is 2.67. The third kappa shape index (κ3) is 2.25. The Hall–Kier alpha value is -2.12. The fourth-order valence-electron chi connectivity index (χ4n) is 2.67. The molecule has 0 aromatic carbocycles. The Bertz CT molecular complexity index is 513. The van der Waals surface area contributed by atoms with E-state index in [2.05, 4.69) is 4.98 Å². The Balaban J connectivity index is 2.46. The summed E-state index contributed by atoms with van der Waals surface area (Å²) in [5.41, 5.74) is 0. The summed E-state index contributed by atoms with van der Waals surface area (Å²) < 4.78 is 1.51. The lowest BCUT2D eigenvalue weighted by atomic mass is 9.91. The Morgan fingerprint density at radius 2 is 2.32 bits per heavy atom. The van der Waals surface area contributed by atoms with Crippen LogP contribution in [-0.4, -0.2) is 38.1 Å². The second-order valence-corrected chi connectivity index (χ2v) is 4.86. The number of aromatic nitrogens is 2. The van der Waals surface area contributed by atoms with Crippen molar-refractivity contribution in [3.8, 4) is 0 Å². The van der Waals surface area contributed by atoms with Crippen LogP contribution < -0.4 is 4.90 Å². The van der Waals surface area contributed by atoms with Crippen LogP contribution in [0.4, 0.5) is 11.6 Å². The number of hydrogen-bond acceptors (Lipinski definition) is 5. The maximum atomic E-state index is 11.4. The summed E-state index contributed by atoms with van der Waals surface area (Å²) in [6.07, 6.45) is 2.96. The number of hydrogen-bond donors (Lipinski definition) is 1. The van der Waals surface area contributed by atoms with Crippen LogP contribution in [0.2, 0.25) is 0 Å². The quantitative estimate of drug-likeness (QED) is 0.648. The third-order valence-corrected chi connectivity index (χ3v) is 3.52. The first-order valence-corrected chi connectivity index (χ1v) is 6.08. The molecule has 1 aromatic rings. The molecule has 8 heteroatoms. The summed E-state index contributed by atoms with van der Waals surface area (Å²) in [7, 11) is 1.63. The third-order valence-electron chi connectivity index (χ3n) is 3.52. The first-order chi connectivity index (χ1) is 8.93. The molecule has 0 saturated carbocycles. The summed E-state index contributed by atoms with van der Waals surface area (Å²) in [6, 6.07) is -0.747. The molecule has 2 unspecified atom stereocenters. The van der Waals surface area contributed by atoms with Crippen molar-refractivity contribution in [1.29, 1.82) is 0 Å². The number of aryl methyl sites for hydroxylation is 1. The SMILES string of the molecule is CC1CCCN(c2c([N+](=O)[O-])ncn2C)C1C(=O)O. The molecule has 1 aromatic heterocycles. The van der Waals surface area contributed by atoms with Crippen LogP contribution in [0, 0.1) is 16.0 Å². The van der Waals surface area contributed by atoms with Gasteiger partial charge in [-0.3, -0.25) is 4.57 Å². The number of aliphatic carboxylic acids is 1. The van der Waals surface area contributed by atoms with Crippen molar-refractivity contribution >= 4 is 17.6 Å². The minimum absolute atomic E-state index is 0.0549. The van der Waals surface area contributed by atoms with E-state index in [1.165, 1.54) is 10.9 Å². The Morgan fingerprint density at radius 1 is 1.63 bits per heavy atom. The van der Waals surface area contributed by atoms with Crippen LogP contribution >= 0.6 is 0 Å². The van der Waals surface area contributed by atoms with Crippen LogP contribution in [0.15, 0.2) is 6.33 Å². The van der Waals surface area contributed by atoms with Crippen LogP contribution in [0.3, 0.4) is 0 Å². The van der Waals surface area contributed by atoms with E-state index in [9.17, 15) is 20.0 Å². The second kappa shape index (κ2) is 4.87. The molecule has 0 spiro atoms. The van der Waals surface area contributed by atoms with Gasteiger partial charge in [0, 0.05) is 13.6 Å². The highest BCUT2D eigenvalue weighted by Gasteiger charge is 2.39. The van der Waals surface area contributed by atoms with E-state index in [0.29, 0.717) is 6.54 Å². The number of piperidine rings is 1. The van der Waals surface area contributed by atoms with Crippen molar-refractivity contribution in [3.63, 3.8) is 0 Å². The second-order valence-electron chi connectivity index (χ2n) is 4.86. The molecule has 19 heavy (non-hydrogen) atoms. The largest absolute Gasteiger partial charge is 0.480 e. The molecule has 0 aliphatic carbocycles. The van der Waals surface area contributed by atoms with Crippen molar-refractivity contribution in [3.05, 3.63) is 16.4 Å². The van der Waals surface area contributed by atoms with Gasteiger partial charge in [0.1, 0.15) is 6.04 Å². The predicted octanol–water partition coefficient (Wildman–Crippen LogP) is 1.02. The minimum Gasteiger partial charge on any atom is -0.480 e. The van der Waals surface area contributed by atoms with E-state index < -0.39 is 16.9 Å². The van der Waals surface area contributed by atoms with E-state index in [1.54, 1.807) is 11.9 Å². The first kappa shape index (κ1) is 13.3. The molecule has 8 nitrogen and oxygen atoms in total. The molecule has 2 heterocycles. The van der Waals surface area contributed by atoms with Gasteiger partial charge in [-0.05, 0) is 28.7 Å². The van der Waals surface area contributed by atoms with Gasteiger partial charge in [0.2, 0.25) is 12.1 Å². The molecule has 1 aliphatic rings. The van der Waals surface area contributed by atoms with Gasteiger partial charge in [-0.15, -0.1) is 0 Å². The van der Waals surface area contributed by atoms with Gasteiger partial charge >= 0.3 is 11.8 Å². The lowest BCUT2D eigenvalue weighted by Crippen LogP contribution is -2.50. The highest BCUT2D eigenvalue weighted by molar-refractivity contribution is 5.79. The minimum atomic E-state index is -0.956. The maximum absolute atomic E-state index is 11.4. The molecular weight excluding hydrogens is 252 g/mol. The number of nitro groups is 1. The summed E-state index contributed by atoms with van der Waals surface area (Å²) in [4.78, 5) is 27.2. The van der Waals surface area contributed by atoms with Gasteiger partial charge < -0.3 is 20.1 Å². The lowest BCUT2D eigenvalue weighted by molar-refractivity contribution is -0.388. The van der Waals surface area contributed by atoms with Gasteiger partial charge in [-0.2, -0.15) is 0 Å². The number of rotatable bonds is 3. The molecule has 0 radical (unpaired) electrons. The van der Waals surface area contributed by atoms with Gasteiger partial charge in [-0.25, -0.2) is 4.79 Å². The first-order valence-electron chi connectivity index (χ1n) is 6.08. The van der Waals surface area contributed by atoms with E-state index >= 15 is 0 Å². The predicted molar refractivity (Wildman–Crippen MR) is 67.0 cm³/mol. The van der Waals surface area contributed by atoms with Crippen molar-refractivity contribution in [2.75, 3.05) is 11.4 Å². The van der Waals surface area contributed by atoms with Gasteiger partial charge in [0.15, 0.2) is 0 Å². The van der Waals surface area contributed by atoms with Crippen LogP contribution in [0.1, 0.15) is 19.8 Å². The molecule has 1 fully saturated rings. The zero-order valence-corrected chi connectivity index (χ0v) is 10.8. The fraction of sp³-hybridized carbons (Fsp3) is 0.636.